The summed E-state index contributed by atoms with van der Waals surface area (Å²) in [5.41, 5.74) is 1.10. The molecule has 1 amide bonds. The second kappa shape index (κ2) is 7.70. The Kier molecular flexibility index (Phi) is 5.13. The first-order valence-electron chi connectivity index (χ1n) is 8.83. The number of nitrogens with one attached hydrogen (secondary N) is 1. The van der Waals surface area contributed by atoms with Crippen LogP contribution in [0.3, 0.4) is 0 Å². The predicted molar refractivity (Wildman–Crippen MR) is 111 cm³/mol. The quantitative estimate of drug-likeness (QED) is 0.725. The van der Waals surface area contributed by atoms with Gasteiger partial charge in [-0.1, -0.05) is 17.7 Å². The van der Waals surface area contributed by atoms with Crippen molar-refractivity contribution >= 4 is 50.6 Å². The Morgan fingerprint density at radius 2 is 2.04 bits per heavy atom. The number of carbonyl (C=O) groups is 1. The highest BCUT2D eigenvalue weighted by molar-refractivity contribution is 7.18. The number of piperazine rings is 1. The van der Waals surface area contributed by atoms with Crippen LogP contribution < -0.4 is 10.2 Å². The van der Waals surface area contributed by atoms with E-state index in [9.17, 15) is 4.79 Å². The van der Waals surface area contributed by atoms with E-state index in [4.69, 9.17) is 11.6 Å². The van der Waals surface area contributed by atoms with Crippen molar-refractivity contribution in [1.82, 2.24) is 14.9 Å². The zero-order valence-electron chi connectivity index (χ0n) is 15.0. The number of thiophene rings is 1. The Labute approximate surface area is 166 Å². The van der Waals surface area contributed by atoms with Gasteiger partial charge in [0, 0.05) is 41.8 Å². The van der Waals surface area contributed by atoms with Gasteiger partial charge in [-0.3, -0.25) is 4.79 Å². The second-order valence-electron chi connectivity index (χ2n) is 6.50. The number of nitrogens with zero attached hydrogens (tertiary/aromatic N) is 4. The van der Waals surface area contributed by atoms with Gasteiger partial charge in [-0.15, -0.1) is 11.3 Å². The van der Waals surface area contributed by atoms with Gasteiger partial charge >= 0.3 is 0 Å². The van der Waals surface area contributed by atoms with Crippen LogP contribution >= 0.6 is 22.9 Å². The fourth-order valence-electron chi connectivity index (χ4n) is 3.27. The van der Waals surface area contributed by atoms with Crippen molar-refractivity contribution in [3.05, 3.63) is 46.6 Å². The molecule has 3 heterocycles. The van der Waals surface area contributed by atoms with Gasteiger partial charge in [-0.2, -0.15) is 0 Å². The molecule has 1 aliphatic heterocycles. The molecule has 0 bridgehead atoms. The molecule has 8 heteroatoms. The number of aryl methyl sites for hydroxylation is 1. The Bertz CT molecular complexity index is 968. The number of aromatic nitrogens is 2. The van der Waals surface area contributed by atoms with Crippen LogP contribution in [0.5, 0.6) is 0 Å². The Morgan fingerprint density at radius 1 is 1.22 bits per heavy atom. The highest BCUT2D eigenvalue weighted by Gasteiger charge is 2.21. The standard InChI is InChI=1S/C19H20ClN5OS/c1-13-9-16-18(22-12-23-19(16)27-13)21-11-17(26)25-7-5-24(6-8-25)15-4-2-3-14(20)10-15/h2-4,9-10,12H,5-8,11H2,1H3,(H,21,22,23). The number of anilines is 2. The van der Waals surface area contributed by atoms with E-state index in [1.54, 1.807) is 11.3 Å². The third-order valence-corrected chi connectivity index (χ3v) is 5.86. The van der Waals surface area contributed by atoms with E-state index in [2.05, 4.69) is 26.3 Å². The van der Waals surface area contributed by atoms with Gasteiger partial charge in [0.25, 0.3) is 0 Å². The van der Waals surface area contributed by atoms with Crippen LogP contribution in [0.15, 0.2) is 36.7 Å². The summed E-state index contributed by atoms with van der Waals surface area (Å²) in [6.45, 7) is 5.27. The lowest BCUT2D eigenvalue weighted by molar-refractivity contribution is -0.129. The predicted octanol–water partition coefficient (Wildman–Crippen LogP) is 3.41. The lowest BCUT2D eigenvalue weighted by atomic mass is 10.2. The SMILES string of the molecule is Cc1cc2c(NCC(=O)N3CCN(c4cccc(Cl)c4)CC3)ncnc2s1. The van der Waals surface area contributed by atoms with Crippen molar-refractivity contribution in [2.75, 3.05) is 42.9 Å². The van der Waals surface area contributed by atoms with Crippen LogP contribution in [0, 0.1) is 6.92 Å². The van der Waals surface area contributed by atoms with Crippen LogP contribution in [0.25, 0.3) is 10.2 Å². The number of carbonyl (C=O) groups excluding carboxylic acids is 1. The van der Waals surface area contributed by atoms with Crippen molar-refractivity contribution in [2.45, 2.75) is 6.92 Å². The third-order valence-electron chi connectivity index (χ3n) is 4.67. The van der Waals surface area contributed by atoms with Crippen molar-refractivity contribution < 1.29 is 4.79 Å². The molecule has 0 unspecified atom stereocenters. The summed E-state index contributed by atoms with van der Waals surface area (Å²) in [6.07, 6.45) is 1.54. The zero-order chi connectivity index (χ0) is 18.8. The van der Waals surface area contributed by atoms with Gasteiger partial charge in [0.05, 0.1) is 11.9 Å². The first-order chi connectivity index (χ1) is 13.1. The summed E-state index contributed by atoms with van der Waals surface area (Å²) in [7, 11) is 0. The maximum absolute atomic E-state index is 12.6. The Balaban J connectivity index is 1.34. The Morgan fingerprint density at radius 3 is 2.81 bits per heavy atom. The molecule has 1 aromatic carbocycles. The molecule has 3 aromatic rings. The smallest absolute Gasteiger partial charge is 0.242 e. The summed E-state index contributed by atoms with van der Waals surface area (Å²) in [5.74, 6) is 0.801. The highest BCUT2D eigenvalue weighted by atomic mass is 35.5. The van der Waals surface area contributed by atoms with Crippen molar-refractivity contribution in [1.29, 1.82) is 0 Å². The molecule has 1 N–H and O–H groups in total. The molecule has 140 valence electrons. The number of hydrogen-bond donors (Lipinski definition) is 1. The summed E-state index contributed by atoms with van der Waals surface area (Å²) < 4.78 is 0. The minimum Gasteiger partial charge on any atom is -0.368 e. The number of fused-ring (bicyclic) bond motifs is 1. The molecular formula is C19H20ClN5OS. The molecule has 1 aliphatic rings. The number of benzene rings is 1. The average Bonchev–Trinajstić information content (AvgIpc) is 3.07. The molecule has 0 spiro atoms. The summed E-state index contributed by atoms with van der Waals surface area (Å²) in [4.78, 5) is 27.4. The van der Waals surface area contributed by atoms with Gasteiger partial charge in [-0.05, 0) is 31.2 Å². The van der Waals surface area contributed by atoms with Gasteiger partial charge in [-0.25, -0.2) is 9.97 Å². The Hall–Kier alpha value is -2.38. The molecule has 4 rings (SSSR count). The summed E-state index contributed by atoms with van der Waals surface area (Å²) in [5, 5.41) is 4.88. The molecule has 0 saturated carbocycles. The van der Waals surface area contributed by atoms with Crippen LogP contribution in [0.1, 0.15) is 4.88 Å². The molecule has 0 aliphatic carbocycles. The van der Waals surface area contributed by atoms with E-state index in [0.717, 1.165) is 39.8 Å². The lowest BCUT2D eigenvalue weighted by Gasteiger charge is -2.36. The first kappa shape index (κ1) is 18.0. The van der Waals surface area contributed by atoms with Crippen molar-refractivity contribution in [3.8, 4) is 0 Å². The number of halogens is 1. The maximum Gasteiger partial charge on any atom is 0.242 e. The molecule has 1 fully saturated rings. The van der Waals surface area contributed by atoms with Crippen molar-refractivity contribution in [2.24, 2.45) is 0 Å². The van der Waals surface area contributed by atoms with E-state index >= 15 is 0 Å². The van der Waals surface area contributed by atoms with Gasteiger partial charge in [0.1, 0.15) is 17.0 Å². The van der Waals surface area contributed by atoms with Crippen LogP contribution in [-0.2, 0) is 4.79 Å². The van der Waals surface area contributed by atoms with E-state index in [0.29, 0.717) is 13.1 Å². The summed E-state index contributed by atoms with van der Waals surface area (Å²) >= 11 is 7.70. The van der Waals surface area contributed by atoms with Gasteiger partial charge < -0.3 is 15.1 Å². The summed E-state index contributed by atoms with van der Waals surface area (Å²) in [6, 6.07) is 9.89. The fourth-order valence-corrected chi connectivity index (χ4v) is 4.31. The minimum atomic E-state index is 0.0828. The average molecular weight is 402 g/mol. The molecule has 0 radical (unpaired) electrons. The van der Waals surface area contributed by atoms with Gasteiger partial charge in [0.2, 0.25) is 5.91 Å². The van der Waals surface area contributed by atoms with Crippen molar-refractivity contribution in [3.63, 3.8) is 0 Å². The molecule has 27 heavy (non-hydrogen) atoms. The molecule has 0 atom stereocenters. The second-order valence-corrected chi connectivity index (χ2v) is 8.17. The molecule has 1 saturated heterocycles. The third kappa shape index (κ3) is 3.99. The molecule has 2 aromatic heterocycles. The first-order valence-corrected chi connectivity index (χ1v) is 10.0. The number of rotatable bonds is 4. The van der Waals surface area contributed by atoms with Crippen LogP contribution in [0.2, 0.25) is 5.02 Å². The largest absolute Gasteiger partial charge is 0.368 e. The zero-order valence-corrected chi connectivity index (χ0v) is 16.6. The van der Waals surface area contributed by atoms with E-state index in [1.165, 1.54) is 11.2 Å². The minimum absolute atomic E-state index is 0.0828. The fraction of sp³-hybridized carbons (Fsp3) is 0.316. The lowest BCUT2D eigenvalue weighted by Crippen LogP contribution is -2.50. The van der Waals surface area contributed by atoms with E-state index in [-0.39, 0.29) is 12.5 Å². The van der Waals surface area contributed by atoms with Gasteiger partial charge in [0.15, 0.2) is 0 Å². The molecule has 6 nitrogen and oxygen atoms in total. The normalized spacial score (nSPS) is 14.6. The monoisotopic (exact) mass is 401 g/mol. The van der Waals surface area contributed by atoms with E-state index < -0.39 is 0 Å². The van der Waals surface area contributed by atoms with Crippen LogP contribution in [-0.4, -0.2) is 53.5 Å². The van der Waals surface area contributed by atoms with E-state index in [1.807, 2.05) is 36.1 Å². The maximum atomic E-state index is 12.6. The number of amides is 1. The molecular weight excluding hydrogens is 382 g/mol. The van der Waals surface area contributed by atoms with Crippen LogP contribution in [0.4, 0.5) is 11.5 Å². The highest BCUT2D eigenvalue weighted by Crippen LogP contribution is 2.27. The topological polar surface area (TPSA) is 61.4 Å². The number of hydrogen-bond acceptors (Lipinski definition) is 6.